The number of rotatable bonds is 9. The van der Waals surface area contributed by atoms with Crippen molar-refractivity contribution < 1.29 is 24.1 Å². The molecule has 0 aliphatic rings. The second-order valence-electron chi connectivity index (χ2n) is 3.71. The van der Waals surface area contributed by atoms with Gasteiger partial charge >= 0.3 is 5.97 Å². The summed E-state index contributed by atoms with van der Waals surface area (Å²) in [6, 6.07) is 0. The van der Waals surface area contributed by atoms with E-state index < -0.39 is 17.5 Å². The lowest BCUT2D eigenvalue weighted by Crippen LogP contribution is -2.59. The third-order valence-electron chi connectivity index (χ3n) is 2.40. The summed E-state index contributed by atoms with van der Waals surface area (Å²) in [6.07, 6.45) is -0.0794. The zero-order valence-corrected chi connectivity index (χ0v) is 10.8. The highest BCUT2D eigenvalue weighted by Crippen LogP contribution is 2.26. The number of carboxylic acid groups (broad SMARTS) is 1. The van der Waals surface area contributed by atoms with Crippen LogP contribution in [0.2, 0.25) is 0 Å². The first-order valence-electron chi connectivity index (χ1n) is 5.44. The normalized spacial score (nSPS) is 15.6. The summed E-state index contributed by atoms with van der Waals surface area (Å²) < 4.78 is 15.9. The molecule has 0 bridgehead atoms. The first kappa shape index (κ1) is 16.3. The molecule has 0 heterocycles. The quantitative estimate of drug-likeness (QED) is 0.302. The SMILES string of the molecule is CCOC(C[C@@](C)(NN)C(=O)O)(OC)OCC. The maximum absolute atomic E-state index is 11.1. The Morgan fingerprint density at radius 3 is 2.06 bits per heavy atom. The van der Waals surface area contributed by atoms with E-state index >= 15 is 0 Å². The highest BCUT2D eigenvalue weighted by atomic mass is 16.9. The molecule has 0 rings (SSSR count). The number of ether oxygens (including phenoxy) is 3. The molecule has 0 aliphatic heterocycles. The molecule has 0 saturated carbocycles. The second-order valence-corrected chi connectivity index (χ2v) is 3.71. The molecule has 102 valence electrons. The zero-order valence-electron chi connectivity index (χ0n) is 10.8. The summed E-state index contributed by atoms with van der Waals surface area (Å²) in [4.78, 5) is 11.1. The lowest BCUT2D eigenvalue weighted by atomic mass is 9.97. The van der Waals surface area contributed by atoms with Crippen LogP contribution in [0, 0.1) is 0 Å². The standard InChI is InChI=1S/C10H22N2O5/c1-5-16-10(15-4,17-6-2)7-9(3,12-11)8(13)14/h12H,5-7,11H2,1-4H3,(H,13,14)/t9-/m1/s1. The van der Waals surface area contributed by atoms with Crippen LogP contribution >= 0.6 is 0 Å². The van der Waals surface area contributed by atoms with Crippen molar-refractivity contribution in [1.82, 2.24) is 5.43 Å². The summed E-state index contributed by atoms with van der Waals surface area (Å²) in [5.74, 6) is 2.74. The van der Waals surface area contributed by atoms with E-state index in [1.54, 1.807) is 13.8 Å². The molecule has 0 aromatic carbocycles. The van der Waals surface area contributed by atoms with E-state index in [9.17, 15) is 4.79 Å². The van der Waals surface area contributed by atoms with E-state index in [2.05, 4.69) is 5.43 Å². The Kier molecular flexibility index (Phi) is 6.58. The van der Waals surface area contributed by atoms with Crippen LogP contribution in [-0.4, -0.2) is 42.9 Å². The summed E-state index contributed by atoms with van der Waals surface area (Å²) in [5.41, 5.74) is 0.842. The van der Waals surface area contributed by atoms with E-state index in [1.165, 1.54) is 14.0 Å². The van der Waals surface area contributed by atoms with Crippen LogP contribution in [0.5, 0.6) is 0 Å². The Hall–Kier alpha value is -0.730. The van der Waals surface area contributed by atoms with Gasteiger partial charge in [0.05, 0.1) is 6.42 Å². The molecule has 0 fully saturated rings. The Labute approximate surface area is 101 Å². The maximum Gasteiger partial charge on any atom is 0.325 e. The number of carboxylic acids is 1. The predicted molar refractivity (Wildman–Crippen MR) is 61.0 cm³/mol. The number of nitrogens with one attached hydrogen (secondary N) is 1. The van der Waals surface area contributed by atoms with Crippen molar-refractivity contribution in [2.75, 3.05) is 20.3 Å². The minimum absolute atomic E-state index is 0.0794. The highest BCUT2D eigenvalue weighted by molar-refractivity contribution is 5.78. The van der Waals surface area contributed by atoms with Crippen molar-refractivity contribution >= 4 is 5.97 Å². The van der Waals surface area contributed by atoms with Gasteiger partial charge in [-0.1, -0.05) is 0 Å². The fraction of sp³-hybridized carbons (Fsp3) is 0.900. The highest BCUT2D eigenvalue weighted by Gasteiger charge is 2.45. The van der Waals surface area contributed by atoms with Gasteiger partial charge in [-0.05, 0) is 20.8 Å². The number of carbonyl (C=O) groups is 1. The molecule has 0 aromatic heterocycles. The molecule has 7 nitrogen and oxygen atoms in total. The molecule has 17 heavy (non-hydrogen) atoms. The molecule has 0 saturated heterocycles. The van der Waals surface area contributed by atoms with Gasteiger partial charge in [0.2, 0.25) is 0 Å². The van der Waals surface area contributed by atoms with Crippen LogP contribution in [0.25, 0.3) is 0 Å². The summed E-state index contributed by atoms with van der Waals surface area (Å²) >= 11 is 0. The van der Waals surface area contributed by atoms with Crippen LogP contribution in [0.4, 0.5) is 0 Å². The van der Waals surface area contributed by atoms with Gasteiger partial charge < -0.3 is 19.3 Å². The van der Waals surface area contributed by atoms with Crippen LogP contribution in [0.15, 0.2) is 0 Å². The van der Waals surface area contributed by atoms with E-state index in [0.717, 1.165) is 0 Å². The second kappa shape index (κ2) is 6.87. The Morgan fingerprint density at radius 1 is 1.35 bits per heavy atom. The van der Waals surface area contributed by atoms with Gasteiger partial charge in [-0.15, -0.1) is 0 Å². The minimum atomic E-state index is -1.41. The molecule has 0 spiro atoms. The lowest BCUT2D eigenvalue weighted by molar-refractivity contribution is -0.376. The summed E-state index contributed by atoms with van der Waals surface area (Å²) in [7, 11) is 1.39. The monoisotopic (exact) mass is 250 g/mol. The number of hydrogen-bond acceptors (Lipinski definition) is 6. The van der Waals surface area contributed by atoms with Crippen LogP contribution in [0.3, 0.4) is 0 Å². The smallest absolute Gasteiger partial charge is 0.325 e. The lowest BCUT2D eigenvalue weighted by Gasteiger charge is -2.36. The fourth-order valence-electron chi connectivity index (χ4n) is 1.39. The van der Waals surface area contributed by atoms with Gasteiger partial charge in [0.1, 0.15) is 5.54 Å². The van der Waals surface area contributed by atoms with Gasteiger partial charge in [0.25, 0.3) is 5.97 Å². The van der Waals surface area contributed by atoms with Gasteiger partial charge in [0.15, 0.2) is 0 Å². The Balaban J connectivity index is 4.99. The largest absolute Gasteiger partial charge is 0.480 e. The van der Waals surface area contributed by atoms with Gasteiger partial charge in [-0.2, -0.15) is 0 Å². The molecule has 0 aliphatic carbocycles. The topological polar surface area (TPSA) is 103 Å². The van der Waals surface area contributed by atoms with Gasteiger partial charge in [-0.25, -0.2) is 5.43 Å². The maximum atomic E-state index is 11.1. The number of hydrazine groups is 1. The van der Waals surface area contributed by atoms with Crippen LogP contribution < -0.4 is 11.3 Å². The van der Waals surface area contributed by atoms with Crippen molar-refractivity contribution in [3.63, 3.8) is 0 Å². The average molecular weight is 250 g/mol. The first-order chi connectivity index (χ1) is 7.89. The molecule has 4 N–H and O–H groups in total. The van der Waals surface area contributed by atoms with Crippen molar-refractivity contribution in [3.05, 3.63) is 0 Å². The zero-order chi connectivity index (χ0) is 13.5. The third kappa shape index (κ3) is 4.21. The van der Waals surface area contributed by atoms with Crippen LogP contribution in [0.1, 0.15) is 27.2 Å². The fourth-order valence-corrected chi connectivity index (χ4v) is 1.39. The molecular weight excluding hydrogens is 228 g/mol. The Bertz CT molecular complexity index is 243. The average Bonchev–Trinajstić information content (AvgIpc) is 2.29. The van der Waals surface area contributed by atoms with E-state index in [4.69, 9.17) is 25.2 Å². The molecule has 0 amide bonds. The van der Waals surface area contributed by atoms with Crippen LogP contribution in [-0.2, 0) is 19.0 Å². The molecule has 0 unspecified atom stereocenters. The van der Waals surface area contributed by atoms with E-state index in [-0.39, 0.29) is 6.42 Å². The van der Waals surface area contributed by atoms with Gasteiger partial charge in [0, 0.05) is 20.3 Å². The van der Waals surface area contributed by atoms with Crippen molar-refractivity contribution in [2.24, 2.45) is 5.84 Å². The van der Waals surface area contributed by atoms with Crippen molar-refractivity contribution in [2.45, 2.75) is 38.7 Å². The Morgan fingerprint density at radius 2 is 1.82 bits per heavy atom. The number of aliphatic carboxylic acids is 1. The number of hydrogen-bond donors (Lipinski definition) is 3. The predicted octanol–water partition coefficient (Wildman–Crippen LogP) is 0.0563. The van der Waals surface area contributed by atoms with E-state index in [1.807, 2.05) is 0 Å². The molecule has 7 heteroatoms. The van der Waals surface area contributed by atoms with Crippen molar-refractivity contribution in [3.8, 4) is 0 Å². The third-order valence-corrected chi connectivity index (χ3v) is 2.40. The van der Waals surface area contributed by atoms with Crippen molar-refractivity contribution in [1.29, 1.82) is 0 Å². The molecule has 0 radical (unpaired) electrons. The number of methoxy groups -OCH3 is 1. The molecule has 0 aromatic rings. The summed E-state index contributed by atoms with van der Waals surface area (Å²) in [5, 5.41) is 9.12. The number of nitrogens with two attached hydrogens (primary N) is 1. The summed E-state index contributed by atoms with van der Waals surface area (Å²) in [6.45, 7) is 5.62. The molecule has 1 atom stereocenters. The van der Waals surface area contributed by atoms with E-state index in [0.29, 0.717) is 13.2 Å². The molecular formula is C10H22N2O5. The minimum Gasteiger partial charge on any atom is -0.480 e. The first-order valence-corrected chi connectivity index (χ1v) is 5.44. The van der Waals surface area contributed by atoms with Gasteiger partial charge in [-0.3, -0.25) is 10.6 Å².